The quantitative estimate of drug-likeness (QED) is 0.743. The molecule has 5 heteroatoms. The zero-order valence-electron chi connectivity index (χ0n) is 12.0. The van der Waals surface area contributed by atoms with Crippen molar-refractivity contribution in [1.29, 1.82) is 0 Å². The fourth-order valence-electron chi connectivity index (χ4n) is 1.93. The van der Waals surface area contributed by atoms with E-state index in [4.69, 9.17) is 18.0 Å². The molecule has 0 N–H and O–H groups in total. The van der Waals surface area contributed by atoms with Gasteiger partial charge in [-0.3, -0.25) is 0 Å². The lowest BCUT2D eigenvalue weighted by molar-refractivity contribution is 0.122. The molecule has 0 fully saturated rings. The Morgan fingerprint density at radius 3 is 1.94 bits per heavy atom. The van der Waals surface area contributed by atoms with E-state index in [1.807, 2.05) is 13.0 Å². The smallest absolute Gasteiger partial charge is 0.496 e. The molecule has 0 aromatic heterocycles. The van der Waals surface area contributed by atoms with E-state index >= 15 is 0 Å². The van der Waals surface area contributed by atoms with E-state index in [1.54, 1.807) is 28.4 Å². The molecular weight excluding hydrogens is 248 g/mol. The van der Waals surface area contributed by atoms with Crippen molar-refractivity contribution >= 4 is 8.80 Å². The normalized spacial score (nSPS) is 11.7. The largest absolute Gasteiger partial charge is 0.504 e. The third-order valence-corrected chi connectivity index (χ3v) is 5.96. The maximum absolute atomic E-state index is 5.44. The highest BCUT2D eigenvalue weighted by molar-refractivity contribution is 6.60. The van der Waals surface area contributed by atoms with Crippen LogP contribution in [0.15, 0.2) is 12.1 Å². The number of benzene rings is 1. The van der Waals surface area contributed by atoms with Crippen molar-refractivity contribution < 1.29 is 18.0 Å². The Morgan fingerprint density at radius 2 is 1.50 bits per heavy atom. The Hall–Kier alpha value is -0.883. The first-order chi connectivity index (χ1) is 8.51. The summed E-state index contributed by atoms with van der Waals surface area (Å²) in [5, 5.41) is 0. The molecule has 1 rings (SSSR count). The molecule has 0 amide bonds. The fraction of sp³-hybridized carbons (Fsp3) is 0.538. The van der Waals surface area contributed by atoms with Gasteiger partial charge in [-0.15, -0.1) is 0 Å². The van der Waals surface area contributed by atoms with Gasteiger partial charge in [0.1, 0.15) is 5.75 Å². The van der Waals surface area contributed by atoms with E-state index < -0.39 is 8.80 Å². The predicted octanol–water partition coefficient (Wildman–Crippen LogP) is 2.27. The van der Waals surface area contributed by atoms with E-state index in [0.717, 1.165) is 16.9 Å². The van der Waals surface area contributed by atoms with Gasteiger partial charge < -0.3 is 18.0 Å². The third-order valence-electron chi connectivity index (χ3n) is 3.25. The maximum Gasteiger partial charge on any atom is 0.504 e. The van der Waals surface area contributed by atoms with Crippen molar-refractivity contribution in [2.75, 3.05) is 28.4 Å². The Morgan fingerprint density at radius 1 is 0.944 bits per heavy atom. The van der Waals surface area contributed by atoms with E-state index in [2.05, 4.69) is 13.0 Å². The monoisotopic (exact) mass is 270 g/mol. The van der Waals surface area contributed by atoms with Crippen molar-refractivity contribution in [3.05, 3.63) is 28.8 Å². The van der Waals surface area contributed by atoms with Crippen LogP contribution in [-0.2, 0) is 19.3 Å². The minimum absolute atomic E-state index is 0.633. The van der Waals surface area contributed by atoms with Gasteiger partial charge in [-0.25, -0.2) is 0 Å². The van der Waals surface area contributed by atoms with Gasteiger partial charge in [0.05, 0.1) is 7.11 Å². The molecule has 0 unspecified atom stereocenters. The number of hydrogen-bond donors (Lipinski definition) is 0. The Kier molecular flexibility index (Phi) is 5.34. The summed E-state index contributed by atoms with van der Waals surface area (Å²) in [6.45, 7) is 4.11. The lowest BCUT2D eigenvalue weighted by Gasteiger charge is -2.25. The lowest BCUT2D eigenvalue weighted by Crippen LogP contribution is -2.45. The number of ether oxygens (including phenoxy) is 1. The summed E-state index contributed by atoms with van der Waals surface area (Å²) in [6, 6.07) is 4.77. The predicted molar refractivity (Wildman–Crippen MR) is 73.0 cm³/mol. The molecule has 0 bridgehead atoms. The van der Waals surface area contributed by atoms with Crippen molar-refractivity contribution in [3.8, 4) is 5.75 Å². The summed E-state index contributed by atoms with van der Waals surface area (Å²) >= 11 is 0. The van der Waals surface area contributed by atoms with Crippen LogP contribution in [0.4, 0.5) is 0 Å². The first-order valence-corrected chi connectivity index (χ1v) is 7.74. The number of aryl methyl sites for hydroxylation is 1. The topological polar surface area (TPSA) is 36.9 Å². The van der Waals surface area contributed by atoms with Gasteiger partial charge >= 0.3 is 8.80 Å². The average molecular weight is 270 g/mol. The zero-order chi connectivity index (χ0) is 13.8. The molecule has 4 nitrogen and oxygen atoms in total. The summed E-state index contributed by atoms with van der Waals surface area (Å²) in [5.41, 5.74) is 3.45. The molecule has 0 aliphatic carbocycles. The highest BCUT2D eigenvalue weighted by Gasteiger charge is 2.38. The van der Waals surface area contributed by atoms with Crippen LogP contribution in [0.1, 0.15) is 16.7 Å². The van der Waals surface area contributed by atoms with E-state index in [1.165, 1.54) is 5.56 Å². The molecule has 102 valence electrons. The van der Waals surface area contributed by atoms with Gasteiger partial charge in [-0.05, 0) is 36.6 Å². The number of methoxy groups -OCH3 is 1. The SMILES string of the molecule is COc1cc(C[Si](OC)(OC)OC)cc(C)c1C. The van der Waals surface area contributed by atoms with Crippen LogP contribution in [0.2, 0.25) is 0 Å². The van der Waals surface area contributed by atoms with Gasteiger partial charge in [0, 0.05) is 27.4 Å². The molecule has 0 aliphatic rings. The molecule has 0 saturated carbocycles. The minimum Gasteiger partial charge on any atom is -0.496 e. The van der Waals surface area contributed by atoms with Gasteiger partial charge in [0.2, 0.25) is 0 Å². The van der Waals surface area contributed by atoms with E-state index in [0.29, 0.717) is 6.04 Å². The van der Waals surface area contributed by atoms with Crippen LogP contribution in [0.25, 0.3) is 0 Å². The molecule has 0 atom stereocenters. The molecule has 0 spiro atoms. The Bertz CT molecular complexity index is 394. The van der Waals surface area contributed by atoms with Crippen molar-refractivity contribution in [2.45, 2.75) is 19.9 Å². The zero-order valence-corrected chi connectivity index (χ0v) is 13.0. The Labute approximate surface area is 110 Å². The van der Waals surface area contributed by atoms with Crippen molar-refractivity contribution in [1.82, 2.24) is 0 Å². The van der Waals surface area contributed by atoms with Gasteiger partial charge in [0.25, 0.3) is 0 Å². The number of hydrogen-bond acceptors (Lipinski definition) is 4. The van der Waals surface area contributed by atoms with Crippen LogP contribution < -0.4 is 4.74 Å². The maximum atomic E-state index is 5.44. The van der Waals surface area contributed by atoms with Crippen molar-refractivity contribution in [2.24, 2.45) is 0 Å². The van der Waals surface area contributed by atoms with Crippen molar-refractivity contribution in [3.63, 3.8) is 0 Å². The van der Waals surface area contributed by atoms with E-state index in [-0.39, 0.29) is 0 Å². The molecule has 0 radical (unpaired) electrons. The summed E-state index contributed by atoms with van der Waals surface area (Å²) < 4.78 is 21.7. The van der Waals surface area contributed by atoms with E-state index in [9.17, 15) is 0 Å². The molecular formula is C13H22O4Si. The first kappa shape index (κ1) is 15.2. The summed E-state index contributed by atoms with van der Waals surface area (Å²) in [4.78, 5) is 0. The summed E-state index contributed by atoms with van der Waals surface area (Å²) in [6.07, 6.45) is 0. The molecule has 0 aliphatic heterocycles. The Balaban J connectivity index is 3.07. The molecule has 18 heavy (non-hydrogen) atoms. The highest BCUT2D eigenvalue weighted by Crippen LogP contribution is 2.25. The lowest BCUT2D eigenvalue weighted by atomic mass is 10.1. The highest BCUT2D eigenvalue weighted by atomic mass is 28.4. The average Bonchev–Trinajstić information content (AvgIpc) is 2.40. The molecule has 1 aromatic carbocycles. The second-order valence-electron chi connectivity index (χ2n) is 4.21. The summed E-state index contributed by atoms with van der Waals surface area (Å²) in [7, 11) is 3.96. The molecule has 0 heterocycles. The van der Waals surface area contributed by atoms with Gasteiger partial charge in [-0.2, -0.15) is 0 Å². The standard InChI is InChI=1S/C13H22O4Si/c1-10-7-12(8-13(14-3)11(10)2)9-18(15-4,16-5)17-6/h7-8H,9H2,1-6H3. The van der Waals surface area contributed by atoms with Crippen LogP contribution >= 0.6 is 0 Å². The van der Waals surface area contributed by atoms with Gasteiger partial charge in [-0.1, -0.05) is 6.07 Å². The minimum atomic E-state index is -2.59. The van der Waals surface area contributed by atoms with Crippen LogP contribution in [-0.4, -0.2) is 37.2 Å². The van der Waals surface area contributed by atoms with Gasteiger partial charge in [0.15, 0.2) is 0 Å². The summed E-state index contributed by atoms with van der Waals surface area (Å²) in [5.74, 6) is 0.885. The van der Waals surface area contributed by atoms with Crippen LogP contribution in [0, 0.1) is 13.8 Å². The first-order valence-electron chi connectivity index (χ1n) is 5.81. The fourth-order valence-corrected chi connectivity index (χ4v) is 3.57. The number of rotatable bonds is 6. The van der Waals surface area contributed by atoms with Crippen LogP contribution in [0.5, 0.6) is 5.75 Å². The third kappa shape index (κ3) is 3.11. The second kappa shape index (κ2) is 6.33. The molecule has 1 aromatic rings. The van der Waals surface area contributed by atoms with Crippen LogP contribution in [0.3, 0.4) is 0 Å². The molecule has 0 saturated heterocycles. The second-order valence-corrected chi connectivity index (χ2v) is 7.16.